The number of nitrogens with zero attached hydrogens (tertiary/aromatic N) is 5. The predicted molar refractivity (Wildman–Crippen MR) is 157 cm³/mol. The Morgan fingerprint density at radius 2 is 1.82 bits per heavy atom. The molecule has 4 heterocycles. The molecule has 0 unspecified atom stereocenters. The van der Waals surface area contributed by atoms with Gasteiger partial charge in [-0.25, -0.2) is 27.7 Å². The van der Waals surface area contributed by atoms with Gasteiger partial charge in [0.05, 0.1) is 32.0 Å². The minimum atomic E-state index is -1.23. The number of amidine groups is 1. The molecule has 2 amide bonds. The zero-order valence-electron chi connectivity index (χ0n) is 25.2. The Bertz CT molecular complexity index is 1610. The van der Waals surface area contributed by atoms with Gasteiger partial charge in [-0.3, -0.25) is 14.7 Å². The fraction of sp³-hybridized carbons (Fsp3) is 0.433. The molecular formula is C30H32ClF3N6O5. The number of amides is 2. The molecule has 3 aliphatic rings. The van der Waals surface area contributed by atoms with E-state index < -0.39 is 53.1 Å². The molecule has 5 rings (SSSR count). The highest BCUT2D eigenvalue weighted by molar-refractivity contribution is 6.31. The Labute approximate surface area is 262 Å². The van der Waals surface area contributed by atoms with Gasteiger partial charge in [0.15, 0.2) is 11.7 Å². The number of esters is 2. The standard InChI is InChI=1S/C30H32ClF3N6O5/c1-30(2,3)40-14-21-25(28(42)45-5)38(8-9-39(21)29(40)43)13-20-22(27(41)44-4)23(17-7-6-15(32)10-18(17)31)37-26(36-20)24-19(34)11-16(33)12-35-24/h6-7,10-12,21,23,25H,8-9,13-14H2,1-5H3,(H,36,37)/t21-,23-,25+/m0/s1. The fourth-order valence-corrected chi connectivity index (χ4v) is 6.18. The SMILES string of the molecule is COC(=O)C1=C(CN2CCN3C(=O)N(C(C)(C)C)C[C@H]3[C@@H]2C(=O)OC)NC(c2ncc(F)cc2F)=N[C@H]1c1ccc(F)cc1Cl. The molecule has 240 valence electrons. The minimum Gasteiger partial charge on any atom is -0.468 e. The molecule has 0 aliphatic carbocycles. The third kappa shape index (κ3) is 6.08. The van der Waals surface area contributed by atoms with Crippen LogP contribution in [0.4, 0.5) is 18.0 Å². The van der Waals surface area contributed by atoms with Crippen LogP contribution in [0.3, 0.4) is 0 Å². The van der Waals surface area contributed by atoms with E-state index in [4.69, 9.17) is 21.1 Å². The molecular weight excluding hydrogens is 617 g/mol. The molecule has 45 heavy (non-hydrogen) atoms. The lowest BCUT2D eigenvalue weighted by Gasteiger charge is -2.43. The van der Waals surface area contributed by atoms with Gasteiger partial charge in [0.25, 0.3) is 0 Å². The third-order valence-corrected chi connectivity index (χ3v) is 8.39. The minimum absolute atomic E-state index is 0.0397. The summed E-state index contributed by atoms with van der Waals surface area (Å²) in [6, 6.07) is 1.20. The van der Waals surface area contributed by atoms with E-state index in [2.05, 4.69) is 15.3 Å². The number of urea groups is 1. The molecule has 1 aromatic heterocycles. The first-order chi connectivity index (χ1) is 21.2. The second-order valence-electron chi connectivity index (χ2n) is 11.8. The van der Waals surface area contributed by atoms with Gasteiger partial charge in [0.2, 0.25) is 0 Å². The van der Waals surface area contributed by atoms with E-state index in [0.717, 1.165) is 25.4 Å². The van der Waals surface area contributed by atoms with Gasteiger partial charge in [0, 0.05) is 54.1 Å². The van der Waals surface area contributed by atoms with Crippen molar-refractivity contribution in [1.82, 2.24) is 25.0 Å². The monoisotopic (exact) mass is 648 g/mol. The van der Waals surface area contributed by atoms with Crippen molar-refractivity contribution >= 4 is 35.4 Å². The fourth-order valence-electron chi connectivity index (χ4n) is 5.91. The average Bonchev–Trinajstić information content (AvgIpc) is 3.32. The molecule has 1 aromatic carbocycles. The van der Waals surface area contributed by atoms with E-state index in [-0.39, 0.29) is 65.6 Å². The number of carbonyl (C=O) groups is 3. The maximum atomic E-state index is 15.0. The first kappa shape index (κ1) is 32.2. The van der Waals surface area contributed by atoms with Crippen molar-refractivity contribution in [1.29, 1.82) is 0 Å². The predicted octanol–water partition coefficient (Wildman–Crippen LogP) is 3.43. The van der Waals surface area contributed by atoms with Crippen molar-refractivity contribution < 1.29 is 37.0 Å². The second kappa shape index (κ2) is 12.3. The summed E-state index contributed by atoms with van der Waals surface area (Å²) in [6.45, 7) is 6.31. The highest BCUT2D eigenvalue weighted by atomic mass is 35.5. The lowest BCUT2D eigenvalue weighted by Crippen LogP contribution is -2.62. The summed E-state index contributed by atoms with van der Waals surface area (Å²) in [4.78, 5) is 53.4. The number of nitrogens with one attached hydrogen (secondary N) is 1. The molecule has 0 saturated carbocycles. The van der Waals surface area contributed by atoms with Crippen molar-refractivity contribution in [3.63, 3.8) is 0 Å². The van der Waals surface area contributed by atoms with Gasteiger partial charge in [-0.15, -0.1) is 0 Å². The summed E-state index contributed by atoms with van der Waals surface area (Å²) in [5.41, 5.74) is -0.541. The summed E-state index contributed by atoms with van der Waals surface area (Å²) in [7, 11) is 2.41. The number of aromatic nitrogens is 1. The first-order valence-corrected chi connectivity index (χ1v) is 14.5. The van der Waals surface area contributed by atoms with E-state index in [1.807, 2.05) is 20.8 Å². The van der Waals surface area contributed by atoms with Crippen molar-refractivity contribution in [3.8, 4) is 0 Å². The van der Waals surface area contributed by atoms with Crippen LogP contribution < -0.4 is 5.32 Å². The largest absolute Gasteiger partial charge is 0.468 e. The number of ether oxygens (including phenoxy) is 2. The number of fused-ring (bicyclic) bond motifs is 1. The summed E-state index contributed by atoms with van der Waals surface area (Å²) in [5, 5.41) is 2.89. The summed E-state index contributed by atoms with van der Waals surface area (Å²) < 4.78 is 53.1. The van der Waals surface area contributed by atoms with Crippen LogP contribution >= 0.6 is 11.6 Å². The highest BCUT2D eigenvalue weighted by Crippen LogP contribution is 2.38. The maximum absolute atomic E-state index is 15.0. The van der Waals surface area contributed by atoms with Crippen LogP contribution in [-0.2, 0) is 19.1 Å². The molecule has 15 heteroatoms. The number of pyridine rings is 1. The highest BCUT2D eigenvalue weighted by Gasteiger charge is 2.52. The van der Waals surface area contributed by atoms with Crippen LogP contribution in [0.2, 0.25) is 5.02 Å². The van der Waals surface area contributed by atoms with Gasteiger partial charge in [-0.1, -0.05) is 17.7 Å². The Balaban J connectivity index is 1.62. The molecule has 11 nitrogen and oxygen atoms in total. The molecule has 0 spiro atoms. The van der Waals surface area contributed by atoms with Crippen LogP contribution in [-0.4, -0.2) is 102 Å². The molecule has 2 aromatic rings. The van der Waals surface area contributed by atoms with Crippen molar-refractivity contribution in [3.05, 3.63) is 75.5 Å². The third-order valence-electron chi connectivity index (χ3n) is 8.07. The van der Waals surface area contributed by atoms with Gasteiger partial charge < -0.3 is 24.6 Å². The Hall–Kier alpha value is -4.17. The topological polar surface area (TPSA) is 117 Å². The van der Waals surface area contributed by atoms with E-state index >= 15 is 4.39 Å². The summed E-state index contributed by atoms with van der Waals surface area (Å²) in [5.74, 6) is -4.15. The molecule has 0 radical (unpaired) electrons. The van der Waals surface area contributed by atoms with E-state index in [1.165, 1.54) is 13.2 Å². The lowest BCUT2D eigenvalue weighted by molar-refractivity contribution is -0.150. The van der Waals surface area contributed by atoms with Crippen LogP contribution in [0.25, 0.3) is 0 Å². The number of halogens is 4. The van der Waals surface area contributed by atoms with Crippen molar-refractivity contribution in [2.24, 2.45) is 4.99 Å². The molecule has 2 saturated heterocycles. The number of methoxy groups -OCH3 is 2. The van der Waals surface area contributed by atoms with E-state index in [1.54, 1.807) is 14.7 Å². The lowest BCUT2D eigenvalue weighted by atomic mass is 9.94. The quantitative estimate of drug-likeness (QED) is 0.474. The number of hydrogen-bond donors (Lipinski definition) is 1. The zero-order chi connectivity index (χ0) is 32.8. The van der Waals surface area contributed by atoms with Crippen molar-refractivity contribution in [2.75, 3.05) is 40.4 Å². The number of piperazine rings is 1. The number of carbonyl (C=O) groups excluding carboxylic acids is 3. The van der Waals surface area contributed by atoms with Gasteiger partial charge >= 0.3 is 18.0 Å². The molecule has 1 N–H and O–H groups in total. The molecule has 3 atom stereocenters. The van der Waals surface area contributed by atoms with Crippen LogP contribution in [0.1, 0.15) is 38.1 Å². The smallest absolute Gasteiger partial charge is 0.338 e. The van der Waals surface area contributed by atoms with Crippen LogP contribution in [0.15, 0.2) is 46.7 Å². The maximum Gasteiger partial charge on any atom is 0.338 e. The first-order valence-electron chi connectivity index (χ1n) is 14.1. The zero-order valence-corrected chi connectivity index (χ0v) is 26.0. The molecule has 2 fully saturated rings. The Kier molecular flexibility index (Phi) is 8.82. The van der Waals surface area contributed by atoms with Crippen LogP contribution in [0, 0.1) is 17.5 Å². The molecule has 0 bridgehead atoms. The van der Waals surface area contributed by atoms with Crippen LogP contribution in [0.5, 0.6) is 0 Å². The average molecular weight is 649 g/mol. The van der Waals surface area contributed by atoms with Gasteiger partial charge in [-0.05, 0) is 32.9 Å². The number of rotatable bonds is 6. The van der Waals surface area contributed by atoms with E-state index in [9.17, 15) is 23.2 Å². The second-order valence-corrected chi connectivity index (χ2v) is 12.2. The van der Waals surface area contributed by atoms with E-state index in [0.29, 0.717) is 6.07 Å². The number of hydrogen-bond acceptors (Lipinski definition) is 9. The molecule has 3 aliphatic heterocycles. The normalized spacial score (nSPS) is 22.2. The summed E-state index contributed by atoms with van der Waals surface area (Å²) >= 11 is 6.41. The Morgan fingerprint density at radius 3 is 2.44 bits per heavy atom. The summed E-state index contributed by atoms with van der Waals surface area (Å²) in [6.07, 6.45) is 0.812. The Morgan fingerprint density at radius 1 is 1.09 bits per heavy atom. The van der Waals surface area contributed by atoms with Crippen molar-refractivity contribution in [2.45, 2.75) is 44.4 Å². The van der Waals surface area contributed by atoms with Gasteiger partial charge in [-0.2, -0.15) is 0 Å². The number of benzene rings is 1. The number of aliphatic imine (C=N–C) groups is 1. The van der Waals surface area contributed by atoms with Gasteiger partial charge in [0.1, 0.15) is 29.4 Å².